The average Bonchev–Trinajstić information content (AvgIpc) is 2.31. The number of anilines is 2. The molecule has 1 aromatic carbocycles. The van der Waals surface area contributed by atoms with E-state index in [1.807, 2.05) is 20.8 Å². The van der Waals surface area contributed by atoms with Crippen LogP contribution < -0.4 is 26.8 Å². The Labute approximate surface area is 105 Å². The second-order valence-corrected chi connectivity index (χ2v) is 4.49. The fourth-order valence-corrected chi connectivity index (χ4v) is 1.58. The minimum Gasteiger partial charge on any atom is -0.380 e. The second-order valence-electron chi connectivity index (χ2n) is 4.49. The molecule has 1 amide bonds. The molecule has 0 radical (unpaired) electrons. The summed E-state index contributed by atoms with van der Waals surface area (Å²) in [5.74, 6) is 0.203. The number of carbonyl (C=O) groups is 1. The van der Waals surface area contributed by atoms with E-state index in [9.17, 15) is 14.4 Å². The smallest absolute Gasteiger partial charge is 0.253 e. The van der Waals surface area contributed by atoms with Gasteiger partial charge in [0.25, 0.3) is 10.9 Å². The van der Waals surface area contributed by atoms with E-state index in [0.29, 0.717) is 18.7 Å². The molecule has 0 unspecified atom stereocenters. The normalized spacial score (nSPS) is 10.7. The maximum Gasteiger partial charge on any atom is 0.253 e. The molecule has 1 aromatic rings. The predicted octanol–water partition coefficient (Wildman–Crippen LogP) is 0.246. The fourth-order valence-electron chi connectivity index (χ4n) is 1.58. The van der Waals surface area contributed by atoms with Gasteiger partial charge < -0.3 is 16.0 Å². The third kappa shape index (κ3) is 3.32. The van der Waals surface area contributed by atoms with E-state index >= 15 is 0 Å². The average molecular weight is 253 g/mol. The standard InChI is InChI=1S/C12H19N3O3/c1-4-13-9-10(12(18)11(9)17)15-6-14-8(16)5-7(2)3/h7,13,15H,4-6H2,1-3H3,(H,14,16). The molecule has 0 aliphatic carbocycles. The lowest BCUT2D eigenvalue weighted by Gasteiger charge is -2.14. The lowest BCUT2D eigenvalue weighted by molar-refractivity contribution is -0.121. The first-order valence-electron chi connectivity index (χ1n) is 6.05. The predicted molar refractivity (Wildman–Crippen MR) is 71.6 cm³/mol. The number of hydrogen-bond donors (Lipinski definition) is 3. The molecule has 0 aliphatic heterocycles. The van der Waals surface area contributed by atoms with Crippen molar-refractivity contribution in [1.82, 2.24) is 5.32 Å². The quantitative estimate of drug-likeness (QED) is 0.479. The van der Waals surface area contributed by atoms with Gasteiger partial charge in [0.15, 0.2) is 0 Å². The van der Waals surface area contributed by atoms with Crippen LogP contribution in [0, 0.1) is 5.92 Å². The molecule has 0 saturated carbocycles. The molecule has 100 valence electrons. The van der Waals surface area contributed by atoms with E-state index in [-0.39, 0.29) is 24.2 Å². The van der Waals surface area contributed by atoms with Gasteiger partial charge in [-0.25, -0.2) is 0 Å². The van der Waals surface area contributed by atoms with Crippen LogP contribution in [0.25, 0.3) is 0 Å². The first-order chi connectivity index (χ1) is 8.47. The van der Waals surface area contributed by atoms with Gasteiger partial charge in [-0.1, -0.05) is 13.8 Å². The van der Waals surface area contributed by atoms with Crippen molar-refractivity contribution < 1.29 is 4.79 Å². The Morgan fingerprint density at radius 2 is 1.67 bits per heavy atom. The largest absolute Gasteiger partial charge is 0.380 e. The van der Waals surface area contributed by atoms with Gasteiger partial charge in [0, 0.05) is 13.0 Å². The summed E-state index contributed by atoms with van der Waals surface area (Å²) in [7, 11) is 0. The van der Waals surface area contributed by atoms with Crippen LogP contribution >= 0.6 is 0 Å². The number of carbonyl (C=O) groups excluding carboxylic acids is 1. The van der Waals surface area contributed by atoms with E-state index in [1.54, 1.807) is 0 Å². The van der Waals surface area contributed by atoms with Crippen LogP contribution in [0.15, 0.2) is 9.59 Å². The highest BCUT2D eigenvalue weighted by atomic mass is 16.2. The van der Waals surface area contributed by atoms with Crippen LogP contribution in [0.1, 0.15) is 27.2 Å². The highest BCUT2D eigenvalue weighted by Gasteiger charge is 2.19. The van der Waals surface area contributed by atoms with Crippen molar-refractivity contribution in [2.45, 2.75) is 27.2 Å². The summed E-state index contributed by atoms with van der Waals surface area (Å²) in [6.07, 6.45) is 0.438. The van der Waals surface area contributed by atoms with Crippen molar-refractivity contribution >= 4 is 17.3 Å². The SMILES string of the molecule is CCNc1c(NCNC(=O)CC(C)C)c(=O)c1=O. The van der Waals surface area contributed by atoms with Crippen molar-refractivity contribution in [3.63, 3.8) is 0 Å². The van der Waals surface area contributed by atoms with Gasteiger partial charge >= 0.3 is 0 Å². The fraction of sp³-hybridized carbons (Fsp3) is 0.583. The Kier molecular flexibility index (Phi) is 4.88. The number of rotatable bonds is 7. The highest BCUT2D eigenvalue weighted by Crippen LogP contribution is 2.12. The molecule has 3 N–H and O–H groups in total. The molecule has 18 heavy (non-hydrogen) atoms. The molecule has 0 spiro atoms. The minimum atomic E-state index is -0.538. The first kappa shape index (κ1) is 14.2. The van der Waals surface area contributed by atoms with E-state index in [2.05, 4.69) is 16.0 Å². The molecular formula is C12H19N3O3. The van der Waals surface area contributed by atoms with Crippen molar-refractivity contribution in [2.24, 2.45) is 5.92 Å². The minimum absolute atomic E-state index is 0.0822. The van der Waals surface area contributed by atoms with Crippen molar-refractivity contribution in [1.29, 1.82) is 0 Å². The second kappa shape index (κ2) is 6.18. The van der Waals surface area contributed by atoms with Gasteiger partial charge in [-0.2, -0.15) is 0 Å². The molecule has 0 atom stereocenters. The summed E-state index contributed by atoms with van der Waals surface area (Å²) in [5.41, 5.74) is -0.482. The van der Waals surface area contributed by atoms with Gasteiger partial charge in [-0.05, 0) is 12.8 Å². The van der Waals surface area contributed by atoms with Gasteiger partial charge in [-0.3, -0.25) is 14.4 Å². The highest BCUT2D eigenvalue weighted by molar-refractivity contribution is 5.77. The van der Waals surface area contributed by atoms with Gasteiger partial charge in [0.05, 0.1) is 6.67 Å². The number of hydrogen-bond acceptors (Lipinski definition) is 5. The van der Waals surface area contributed by atoms with Crippen molar-refractivity contribution in [2.75, 3.05) is 23.8 Å². The summed E-state index contributed by atoms with van der Waals surface area (Å²) < 4.78 is 0. The molecular weight excluding hydrogens is 234 g/mol. The number of nitrogens with one attached hydrogen (secondary N) is 3. The molecule has 0 saturated heterocycles. The van der Waals surface area contributed by atoms with Gasteiger partial charge in [0.1, 0.15) is 11.4 Å². The molecule has 6 nitrogen and oxygen atoms in total. The Morgan fingerprint density at radius 1 is 1.11 bits per heavy atom. The molecule has 0 heterocycles. The topological polar surface area (TPSA) is 87.3 Å². The van der Waals surface area contributed by atoms with E-state index in [1.165, 1.54) is 0 Å². The molecule has 0 bridgehead atoms. The van der Waals surface area contributed by atoms with Crippen molar-refractivity contribution in [3.8, 4) is 0 Å². The maximum atomic E-state index is 11.4. The summed E-state index contributed by atoms with van der Waals surface area (Å²) in [6.45, 7) is 6.46. The lowest BCUT2D eigenvalue weighted by Crippen LogP contribution is -2.40. The number of amides is 1. The maximum absolute atomic E-state index is 11.4. The van der Waals surface area contributed by atoms with Crippen LogP contribution in [0.5, 0.6) is 0 Å². The molecule has 1 rings (SSSR count). The van der Waals surface area contributed by atoms with Crippen LogP contribution in [-0.4, -0.2) is 19.1 Å². The Morgan fingerprint density at radius 3 is 2.17 bits per heavy atom. The van der Waals surface area contributed by atoms with E-state index in [4.69, 9.17) is 0 Å². The van der Waals surface area contributed by atoms with Crippen molar-refractivity contribution in [3.05, 3.63) is 20.4 Å². The van der Waals surface area contributed by atoms with Gasteiger partial charge in [-0.15, -0.1) is 0 Å². The zero-order valence-corrected chi connectivity index (χ0v) is 10.9. The zero-order valence-electron chi connectivity index (χ0n) is 10.9. The monoisotopic (exact) mass is 253 g/mol. The molecule has 0 aromatic heterocycles. The van der Waals surface area contributed by atoms with Crippen LogP contribution in [0.4, 0.5) is 11.4 Å². The molecule has 0 fully saturated rings. The van der Waals surface area contributed by atoms with Crippen LogP contribution in [0.3, 0.4) is 0 Å². The first-order valence-corrected chi connectivity index (χ1v) is 6.05. The van der Waals surface area contributed by atoms with Gasteiger partial charge in [0.2, 0.25) is 5.91 Å². The van der Waals surface area contributed by atoms with E-state index < -0.39 is 10.9 Å². The Hall–Kier alpha value is -1.85. The summed E-state index contributed by atoms with van der Waals surface area (Å²) in [6, 6.07) is 0. The Balaban J connectivity index is 2.45. The molecule has 0 aliphatic rings. The third-order valence-electron chi connectivity index (χ3n) is 2.41. The van der Waals surface area contributed by atoms with Crippen LogP contribution in [-0.2, 0) is 4.79 Å². The lowest BCUT2D eigenvalue weighted by atomic mass is 10.1. The Bertz CT molecular complexity index is 487. The third-order valence-corrected chi connectivity index (χ3v) is 2.41. The zero-order chi connectivity index (χ0) is 13.7. The summed E-state index contributed by atoms with van der Waals surface area (Å²) in [4.78, 5) is 33.8. The molecule has 6 heteroatoms. The summed E-state index contributed by atoms with van der Waals surface area (Å²) >= 11 is 0. The van der Waals surface area contributed by atoms with E-state index in [0.717, 1.165) is 0 Å². The van der Waals surface area contributed by atoms with Crippen LogP contribution in [0.2, 0.25) is 0 Å². The summed E-state index contributed by atoms with van der Waals surface area (Å²) in [5, 5.41) is 8.21.